The molecule has 1 aliphatic carbocycles. The molecule has 5 rings (SSSR count). The number of anilines is 1. The molecule has 6 heteroatoms. The number of nitrogens with one attached hydrogen (secondary N) is 1. The third kappa shape index (κ3) is 2.76. The highest BCUT2D eigenvalue weighted by Gasteiger charge is 2.29. The van der Waals surface area contributed by atoms with Crippen LogP contribution in [-0.2, 0) is 17.9 Å². The zero-order valence-electron chi connectivity index (χ0n) is 14.8. The van der Waals surface area contributed by atoms with Gasteiger partial charge in [0.15, 0.2) is 0 Å². The Hall–Kier alpha value is -2.73. The van der Waals surface area contributed by atoms with E-state index in [0.29, 0.717) is 5.82 Å². The first-order valence-electron chi connectivity index (χ1n) is 9.11. The molecule has 0 saturated heterocycles. The molecule has 2 aromatic heterocycles. The van der Waals surface area contributed by atoms with Crippen LogP contribution in [0.25, 0.3) is 22.0 Å². The minimum absolute atomic E-state index is 0.0852. The summed E-state index contributed by atoms with van der Waals surface area (Å²) in [6.07, 6.45) is 5.77. The first-order valence-corrected chi connectivity index (χ1v) is 9.11. The Labute approximate surface area is 151 Å². The van der Waals surface area contributed by atoms with Crippen molar-refractivity contribution in [3.8, 4) is 11.3 Å². The van der Waals surface area contributed by atoms with E-state index in [1.165, 1.54) is 0 Å². The summed E-state index contributed by atoms with van der Waals surface area (Å²) in [5.74, 6) is 2.00. The van der Waals surface area contributed by atoms with Crippen LogP contribution in [0.2, 0.25) is 0 Å². The average Bonchev–Trinajstić information content (AvgIpc) is 3.41. The van der Waals surface area contributed by atoms with Crippen LogP contribution in [0.3, 0.4) is 0 Å². The van der Waals surface area contributed by atoms with Crippen LogP contribution in [0.5, 0.6) is 0 Å². The van der Waals surface area contributed by atoms with Gasteiger partial charge in [-0.15, -0.1) is 0 Å². The van der Waals surface area contributed by atoms with E-state index in [1.54, 1.807) is 0 Å². The van der Waals surface area contributed by atoms with Gasteiger partial charge < -0.3 is 9.88 Å². The molecule has 1 fully saturated rings. The van der Waals surface area contributed by atoms with Crippen molar-refractivity contribution in [2.75, 3.05) is 18.9 Å². The average molecular weight is 347 g/mol. The summed E-state index contributed by atoms with van der Waals surface area (Å²) in [6, 6.07) is 8.32. The molecule has 1 aliphatic heterocycles. The third-order valence-electron chi connectivity index (χ3n) is 5.27. The monoisotopic (exact) mass is 347 g/mol. The summed E-state index contributed by atoms with van der Waals surface area (Å²) in [6.45, 7) is 2.87. The quantitative estimate of drug-likeness (QED) is 0.791. The van der Waals surface area contributed by atoms with Crippen LogP contribution < -0.4 is 5.32 Å². The molecule has 1 N–H and O–H groups in total. The third-order valence-corrected chi connectivity index (χ3v) is 5.27. The van der Waals surface area contributed by atoms with Crippen LogP contribution in [0.1, 0.15) is 18.7 Å². The first kappa shape index (κ1) is 15.5. The predicted molar refractivity (Wildman–Crippen MR) is 101 cm³/mol. The maximum atomic E-state index is 12.0. The fraction of sp³-hybridized carbons (Fsp3) is 0.350. The molecule has 0 spiro atoms. The van der Waals surface area contributed by atoms with Crippen molar-refractivity contribution in [2.24, 2.45) is 5.92 Å². The van der Waals surface area contributed by atoms with Gasteiger partial charge in [-0.25, -0.2) is 9.97 Å². The molecule has 0 bridgehead atoms. The summed E-state index contributed by atoms with van der Waals surface area (Å²) in [4.78, 5) is 23.2. The number of carbonyl (C=O) groups excluding carboxylic acids is 1. The molecule has 3 heterocycles. The van der Waals surface area contributed by atoms with Crippen LogP contribution >= 0.6 is 0 Å². The second-order valence-corrected chi connectivity index (χ2v) is 7.34. The van der Waals surface area contributed by atoms with Gasteiger partial charge in [0, 0.05) is 36.2 Å². The number of imidazole rings is 1. The molecule has 6 nitrogen and oxygen atoms in total. The smallest absolute Gasteiger partial charge is 0.228 e. The maximum Gasteiger partial charge on any atom is 0.228 e. The molecule has 0 atom stereocenters. The largest absolute Gasteiger partial charge is 0.326 e. The van der Waals surface area contributed by atoms with Crippen LogP contribution in [-0.4, -0.2) is 38.9 Å². The lowest BCUT2D eigenvalue weighted by Crippen LogP contribution is -2.30. The number of benzene rings is 1. The van der Waals surface area contributed by atoms with Gasteiger partial charge in [-0.05, 0) is 37.4 Å². The van der Waals surface area contributed by atoms with Crippen molar-refractivity contribution in [1.82, 2.24) is 19.4 Å². The Kier molecular flexibility index (Phi) is 3.53. The Morgan fingerprint density at radius 1 is 1.12 bits per heavy atom. The summed E-state index contributed by atoms with van der Waals surface area (Å²) >= 11 is 0. The van der Waals surface area contributed by atoms with Gasteiger partial charge in [-0.1, -0.05) is 12.1 Å². The zero-order valence-corrected chi connectivity index (χ0v) is 14.8. The van der Waals surface area contributed by atoms with Crippen molar-refractivity contribution < 1.29 is 4.79 Å². The highest BCUT2D eigenvalue weighted by molar-refractivity contribution is 5.95. The SMILES string of the molecule is CN1CCn2c(-c3ccc4cnc(NC(=O)C5CC5)cc4c3)cnc2C1. The van der Waals surface area contributed by atoms with E-state index in [2.05, 4.69) is 50.0 Å². The lowest BCUT2D eigenvalue weighted by atomic mass is 10.1. The number of hydrogen-bond acceptors (Lipinski definition) is 4. The normalized spacial score (nSPS) is 17.3. The van der Waals surface area contributed by atoms with Gasteiger partial charge in [-0.3, -0.25) is 9.69 Å². The molecule has 0 radical (unpaired) electrons. The predicted octanol–water partition coefficient (Wildman–Crippen LogP) is 2.89. The van der Waals surface area contributed by atoms with Gasteiger partial charge in [0.05, 0.1) is 18.4 Å². The van der Waals surface area contributed by atoms with E-state index >= 15 is 0 Å². The number of fused-ring (bicyclic) bond motifs is 2. The standard InChI is InChI=1S/C20H21N5O/c1-24-6-7-25-17(11-22-19(25)12-24)14-4-5-15-10-21-18(9-16(15)8-14)23-20(26)13-2-3-13/h4-5,8-11,13H,2-3,6-7,12H2,1H3,(H,21,23,26). The van der Waals surface area contributed by atoms with E-state index in [1.807, 2.05) is 18.5 Å². The van der Waals surface area contributed by atoms with Crippen molar-refractivity contribution in [3.05, 3.63) is 42.5 Å². The molecule has 1 aromatic carbocycles. The second kappa shape index (κ2) is 5.92. The minimum Gasteiger partial charge on any atom is -0.326 e. The van der Waals surface area contributed by atoms with Crippen molar-refractivity contribution in [3.63, 3.8) is 0 Å². The Bertz CT molecular complexity index is 1000. The summed E-state index contributed by atoms with van der Waals surface area (Å²) in [5.41, 5.74) is 2.29. The van der Waals surface area contributed by atoms with Gasteiger partial charge >= 0.3 is 0 Å². The molecule has 2 aliphatic rings. The number of nitrogens with zero attached hydrogens (tertiary/aromatic N) is 4. The number of amides is 1. The second-order valence-electron chi connectivity index (χ2n) is 7.34. The maximum absolute atomic E-state index is 12.0. The summed E-state index contributed by atoms with van der Waals surface area (Å²) in [7, 11) is 2.12. The first-order chi connectivity index (χ1) is 12.7. The fourth-order valence-electron chi connectivity index (χ4n) is 3.55. The highest BCUT2D eigenvalue weighted by Crippen LogP contribution is 2.31. The van der Waals surface area contributed by atoms with E-state index < -0.39 is 0 Å². The Balaban J connectivity index is 1.50. The van der Waals surface area contributed by atoms with E-state index in [-0.39, 0.29) is 11.8 Å². The van der Waals surface area contributed by atoms with Gasteiger partial charge in [0.25, 0.3) is 0 Å². The molecule has 3 aromatic rings. The summed E-state index contributed by atoms with van der Waals surface area (Å²) in [5, 5.41) is 5.07. The molecule has 1 amide bonds. The van der Waals surface area contributed by atoms with E-state index in [0.717, 1.165) is 60.3 Å². The Morgan fingerprint density at radius 3 is 2.85 bits per heavy atom. The van der Waals surface area contributed by atoms with Gasteiger partial charge in [-0.2, -0.15) is 0 Å². The van der Waals surface area contributed by atoms with Crippen LogP contribution in [0.15, 0.2) is 36.7 Å². The number of likely N-dealkylation sites (N-methyl/N-ethyl adjacent to an activating group) is 1. The number of aromatic nitrogens is 3. The fourth-order valence-corrected chi connectivity index (χ4v) is 3.55. The van der Waals surface area contributed by atoms with E-state index in [9.17, 15) is 4.79 Å². The van der Waals surface area contributed by atoms with Crippen molar-refractivity contribution in [1.29, 1.82) is 0 Å². The van der Waals surface area contributed by atoms with Gasteiger partial charge in [0.2, 0.25) is 5.91 Å². The van der Waals surface area contributed by atoms with Gasteiger partial charge in [0.1, 0.15) is 11.6 Å². The number of carbonyl (C=O) groups is 1. The molecular formula is C20H21N5O. The topological polar surface area (TPSA) is 63.1 Å². The van der Waals surface area contributed by atoms with Crippen molar-refractivity contribution in [2.45, 2.75) is 25.9 Å². The van der Waals surface area contributed by atoms with Crippen molar-refractivity contribution >= 4 is 22.5 Å². The Morgan fingerprint density at radius 2 is 2.00 bits per heavy atom. The number of hydrogen-bond donors (Lipinski definition) is 1. The molecule has 132 valence electrons. The number of pyridine rings is 1. The molecular weight excluding hydrogens is 326 g/mol. The van der Waals surface area contributed by atoms with Crippen LogP contribution in [0.4, 0.5) is 5.82 Å². The molecule has 26 heavy (non-hydrogen) atoms. The number of rotatable bonds is 3. The molecule has 1 saturated carbocycles. The van der Waals surface area contributed by atoms with Crippen LogP contribution in [0, 0.1) is 5.92 Å². The highest BCUT2D eigenvalue weighted by atomic mass is 16.2. The lowest BCUT2D eigenvalue weighted by Gasteiger charge is -2.24. The minimum atomic E-state index is 0.0852. The molecule has 0 unspecified atom stereocenters. The van der Waals surface area contributed by atoms with E-state index in [4.69, 9.17) is 0 Å². The zero-order chi connectivity index (χ0) is 17.7. The summed E-state index contributed by atoms with van der Waals surface area (Å²) < 4.78 is 2.30. The lowest BCUT2D eigenvalue weighted by molar-refractivity contribution is -0.117.